The van der Waals surface area contributed by atoms with Gasteiger partial charge in [-0.25, -0.2) is 0 Å². The topological polar surface area (TPSA) is 20.2 Å². The Hall–Kier alpha value is -0.340. The molecular formula is C11H15BrO. The summed E-state index contributed by atoms with van der Waals surface area (Å²) in [6.45, 7) is 6.43. The molecule has 1 rings (SSSR count). The maximum Gasteiger partial charge on any atom is 0.0684 e. The van der Waals surface area contributed by atoms with Gasteiger partial charge in [0.1, 0.15) is 0 Å². The Morgan fingerprint density at radius 3 is 2.46 bits per heavy atom. The van der Waals surface area contributed by atoms with Crippen LogP contribution in [0.15, 0.2) is 16.6 Å². The minimum absolute atomic E-state index is 0.116. The molecule has 0 fully saturated rings. The minimum atomic E-state index is 0.116. The fourth-order valence-corrected chi connectivity index (χ4v) is 1.78. The van der Waals surface area contributed by atoms with Gasteiger partial charge in [-0.2, -0.15) is 0 Å². The van der Waals surface area contributed by atoms with Crippen LogP contribution >= 0.6 is 15.9 Å². The van der Waals surface area contributed by atoms with Gasteiger partial charge in [0.15, 0.2) is 0 Å². The molecule has 0 aromatic heterocycles. The van der Waals surface area contributed by atoms with E-state index in [1.165, 1.54) is 5.56 Å². The van der Waals surface area contributed by atoms with Gasteiger partial charge in [-0.1, -0.05) is 35.8 Å². The van der Waals surface area contributed by atoms with E-state index in [0.29, 0.717) is 5.92 Å². The molecule has 0 radical (unpaired) electrons. The SMILES string of the molecule is Cc1c(Br)cc(C(C)C)cc1CO. The highest BCUT2D eigenvalue weighted by Crippen LogP contribution is 2.26. The van der Waals surface area contributed by atoms with Crippen LogP contribution in [0.3, 0.4) is 0 Å². The van der Waals surface area contributed by atoms with Crippen molar-refractivity contribution in [1.82, 2.24) is 0 Å². The van der Waals surface area contributed by atoms with Crippen molar-refractivity contribution in [1.29, 1.82) is 0 Å². The molecule has 0 spiro atoms. The third-order valence-corrected chi connectivity index (χ3v) is 3.13. The highest BCUT2D eigenvalue weighted by Gasteiger charge is 2.06. The monoisotopic (exact) mass is 242 g/mol. The van der Waals surface area contributed by atoms with Crippen LogP contribution in [0.1, 0.15) is 36.5 Å². The van der Waals surface area contributed by atoms with Gasteiger partial charge in [-0.15, -0.1) is 0 Å². The number of aliphatic hydroxyl groups is 1. The van der Waals surface area contributed by atoms with Crippen molar-refractivity contribution in [3.8, 4) is 0 Å². The Morgan fingerprint density at radius 1 is 1.38 bits per heavy atom. The third-order valence-electron chi connectivity index (χ3n) is 2.31. The van der Waals surface area contributed by atoms with Crippen LogP contribution in [0.4, 0.5) is 0 Å². The third kappa shape index (κ3) is 2.32. The van der Waals surface area contributed by atoms with Crippen LogP contribution in [-0.4, -0.2) is 5.11 Å². The molecule has 0 unspecified atom stereocenters. The summed E-state index contributed by atoms with van der Waals surface area (Å²) in [4.78, 5) is 0. The zero-order valence-corrected chi connectivity index (χ0v) is 9.85. The quantitative estimate of drug-likeness (QED) is 0.844. The second kappa shape index (κ2) is 4.25. The van der Waals surface area contributed by atoms with Crippen LogP contribution in [0, 0.1) is 6.92 Å². The summed E-state index contributed by atoms with van der Waals surface area (Å²) in [5, 5.41) is 9.13. The van der Waals surface area contributed by atoms with Crippen molar-refractivity contribution in [3.63, 3.8) is 0 Å². The molecule has 1 aromatic carbocycles. The molecule has 0 aliphatic carbocycles. The van der Waals surface area contributed by atoms with Gasteiger partial charge in [0.25, 0.3) is 0 Å². The van der Waals surface area contributed by atoms with E-state index in [0.717, 1.165) is 15.6 Å². The Bertz CT molecular complexity index is 305. The molecule has 0 saturated heterocycles. The van der Waals surface area contributed by atoms with Crippen LogP contribution in [0.25, 0.3) is 0 Å². The highest BCUT2D eigenvalue weighted by atomic mass is 79.9. The molecule has 1 aromatic rings. The number of rotatable bonds is 2. The standard InChI is InChI=1S/C11H15BrO/c1-7(2)9-4-10(6-13)8(3)11(12)5-9/h4-5,7,13H,6H2,1-3H3. The normalized spacial score (nSPS) is 10.9. The molecule has 0 atom stereocenters. The molecule has 1 nitrogen and oxygen atoms in total. The number of hydrogen-bond acceptors (Lipinski definition) is 1. The summed E-state index contributed by atoms with van der Waals surface area (Å²) in [6, 6.07) is 4.20. The summed E-state index contributed by atoms with van der Waals surface area (Å²) in [6.07, 6.45) is 0. The van der Waals surface area contributed by atoms with E-state index >= 15 is 0 Å². The van der Waals surface area contributed by atoms with E-state index in [9.17, 15) is 0 Å². The van der Waals surface area contributed by atoms with E-state index in [1.807, 2.05) is 6.92 Å². The maximum atomic E-state index is 9.13. The number of halogens is 1. The lowest BCUT2D eigenvalue weighted by Gasteiger charge is -2.11. The van der Waals surface area contributed by atoms with E-state index in [1.54, 1.807) is 0 Å². The molecule has 0 bridgehead atoms. The summed E-state index contributed by atoms with van der Waals surface area (Å²) < 4.78 is 1.09. The molecular weight excluding hydrogens is 228 g/mol. The maximum absolute atomic E-state index is 9.13. The fourth-order valence-electron chi connectivity index (χ4n) is 1.26. The van der Waals surface area contributed by atoms with Gasteiger partial charge < -0.3 is 5.11 Å². The van der Waals surface area contributed by atoms with Crippen molar-refractivity contribution in [2.75, 3.05) is 0 Å². The van der Waals surface area contributed by atoms with Gasteiger partial charge in [-0.05, 0) is 35.6 Å². The summed E-state index contributed by atoms with van der Waals surface area (Å²) in [5.74, 6) is 0.502. The second-order valence-electron chi connectivity index (χ2n) is 3.60. The van der Waals surface area contributed by atoms with Gasteiger partial charge in [-0.3, -0.25) is 0 Å². The zero-order chi connectivity index (χ0) is 10.0. The Balaban J connectivity index is 3.22. The smallest absolute Gasteiger partial charge is 0.0684 e. The largest absolute Gasteiger partial charge is 0.392 e. The van der Waals surface area contributed by atoms with Gasteiger partial charge in [0.05, 0.1) is 6.61 Å². The molecule has 72 valence electrons. The molecule has 0 saturated carbocycles. The molecule has 1 N–H and O–H groups in total. The predicted molar refractivity (Wildman–Crippen MR) is 58.9 cm³/mol. The molecule has 0 heterocycles. The van der Waals surface area contributed by atoms with Crippen molar-refractivity contribution in [2.45, 2.75) is 33.3 Å². The van der Waals surface area contributed by atoms with Crippen LogP contribution in [-0.2, 0) is 6.61 Å². The average Bonchev–Trinajstić information content (AvgIpc) is 2.09. The summed E-state index contributed by atoms with van der Waals surface area (Å²) in [5.41, 5.74) is 3.41. The van der Waals surface area contributed by atoms with E-state index in [4.69, 9.17) is 5.11 Å². The molecule has 13 heavy (non-hydrogen) atoms. The summed E-state index contributed by atoms with van der Waals surface area (Å²) >= 11 is 3.49. The van der Waals surface area contributed by atoms with Crippen molar-refractivity contribution >= 4 is 15.9 Å². The Labute approximate surface area is 87.9 Å². The minimum Gasteiger partial charge on any atom is -0.392 e. The molecule has 0 amide bonds. The lowest BCUT2D eigenvalue weighted by atomic mass is 9.98. The average molecular weight is 243 g/mol. The van der Waals surface area contributed by atoms with Crippen LogP contribution in [0.2, 0.25) is 0 Å². The zero-order valence-electron chi connectivity index (χ0n) is 8.26. The molecule has 2 heteroatoms. The second-order valence-corrected chi connectivity index (χ2v) is 4.45. The lowest BCUT2D eigenvalue weighted by molar-refractivity contribution is 0.281. The first-order valence-corrected chi connectivity index (χ1v) is 5.25. The first-order valence-electron chi connectivity index (χ1n) is 4.46. The van der Waals surface area contributed by atoms with E-state index in [2.05, 4.69) is 41.9 Å². The first kappa shape index (κ1) is 10.7. The van der Waals surface area contributed by atoms with Crippen molar-refractivity contribution in [2.24, 2.45) is 0 Å². The fraction of sp³-hybridized carbons (Fsp3) is 0.455. The van der Waals surface area contributed by atoms with Crippen molar-refractivity contribution in [3.05, 3.63) is 33.3 Å². The Kier molecular flexibility index (Phi) is 3.51. The highest BCUT2D eigenvalue weighted by molar-refractivity contribution is 9.10. The van der Waals surface area contributed by atoms with E-state index in [-0.39, 0.29) is 6.61 Å². The van der Waals surface area contributed by atoms with Crippen molar-refractivity contribution < 1.29 is 5.11 Å². The van der Waals surface area contributed by atoms with Gasteiger partial charge in [0, 0.05) is 4.47 Å². The van der Waals surface area contributed by atoms with E-state index < -0.39 is 0 Å². The lowest BCUT2D eigenvalue weighted by Crippen LogP contribution is -1.95. The van der Waals surface area contributed by atoms with Crippen LogP contribution < -0.4 is 0 Å². The first-order chi connectivity index (χ1) is 6.06. The summed E-state index contributed by atoms with van der Waals surface area (Å²) in [7, 11) is 0. The molecule has 0 aliphatic rings. The number of benzene rings is 1. The van der Waals surface area contributed by atoms with Gasteiger partial charge >= 0.3 is 0 Å². The number of aliphatic hydroxyl groups excluding tert-OH is 1. The Morgan fingerprint density at radius 2 is 2.00 bits per heavy atom. The predicted octanol–water partition coefficient (Wildman–Crippen LogP) is 3.37. The number of hydrogen-bond donors (Lipinski definition) is 1. The van der Waals surface area contributed by atoms with Crippen LogP contribution in [0.5, 0.6) is 0 Å². The molecule has 0 aliphatic heterocycles. The van der Waals surface area contributed by atoms with Gasteiger partial charge in [0.2, 0.25) is 0 Å².